The quantitative estimate of drug-likeness (QED) is 0.294. The molecule has 0 radical (unpaired) electrons. The van der Waals surface area contributed by atoms with Crippen LogP contribution in [0.3, 0.4) is 0 Å². The van der Waals surface area contributed by atoms with Crippen molar-refractivity contribution in [2.24, 2.45) is 0 Å². The van der Waals surface area contributed by atoms with Gasteiger partial charge in [0.2, 0.25) is 0 Å². The number of aryl methyl sites for hydroxylation is 1. The fourth-order valence-electron chi connectivity index (χ4n) is 2.58. The van der Waals surface area contributed by atoms with Crippen molar-refractivity contribution in [3.05, 3.63) is 58.2 Å². The highest BCUT2D eigenvalue weighted by Crippen LogP contribution is 2.32. The highest BCUT2D eigenvalue weighted by Gasteiger charge is 2.16. The van der Waals surface area contributed by atoms with Gasteiger partial charge in [-0.1, -0.05) is 47.7 Å². The third kappa shape index (κ3) is 3.71. The first-order valence-electron chi connectivity index (χ1n) is 8.09. The number of rotatable bonds is 7. The van der Waals surface area contributed by atoms with E-state index in [2.05, 4.69) is 6.58 Å². The molecule has 3 rings (SSSR count). The Hall–Kier alpha value is -1.89. The van der Waals surface area contributed by atoms with Crippen LogP contribution in [0.25, 0.3) is 21.3 Å². The second kappa shape index (κ2) is 7.99. The van der Waals surface area contributed by atoms with Crippen molar-refractivity contribution in [1.29, 1.82) is 0 Å². The monoisotopic (exact) mass is 372 g/mol. The topological polar surface area (TPSA) is 55.1 Å². The number of allylic oxidation sites excluding steroid dienone is 1. The number of fused-ring (bicyclic) bond motifs is 1. The summed E-state index contributed by atoms with van der Waals surface area (Å²) in [4.78, 5) is 18.6. The fraction of sp³-hybridized carbons (Fsp3) is 0.263. The van der Waals surface area contributed by atoms with Crippen LogP contribution in [0.1, 0.15) is 12.0 Å². The van der Waals surface area contributed by atoms with Crippen LogP contribution in [0.2, 0.25) is 0 Å². The van der Waals surface area contributed by atoms with Crippen LogP contribution in [0.5, 0.6) is 0 Å². The summed E-state index contributed by atoms with van der Waals surface area (Å²) >= 11 is 2.99. The van der Waals surface area contributed by atoms with Crippen molar-refractivity contribution in [3.63, 3.8) is 0 Å². The first-order valence-corrected chi connectivity index (χ1v) is 9.96. The number of aliphatic hydroxyl groups is 1. The molecule has 0 amide bonds. The number of hydrogen-bond donors (Lipinski definition) is 1. The number of hydrogen-bond acceptors (Lipinski definition) is 5. The number of thiophene rings is 1. The lowest BCUT2D eigenvalue weighted by Gasteiger charge is -2.10. The summed E-state index contributed by atoms with van der Waals surface area (Å²) in [6, 6.07) is 8.18. The second-order valence-corrected chi connectivity index (χ2v) is 7.64. The Morgan fingerprint density at radius 3 is 2.80 bits per heavy atom. The molecule has 0 aliphatic heterocycles. The summed E-state index contributed by atoms with van der Waals surface area (Å²) < 4.78 is 1.67. The molecule has 1 N–H and O–H groups in total. The highest BCUT2D eigenvalue weighted by atomic mass is 32.2. The lowest BCUT2D eigenvalue weighted by Crippen LogP contribution is -2.22. The number of aromatic nitrogens is 2. The zero-order valence-electron chi connectivity index (χ0n) is 14.1. The number of thioether (sulfide) groups is 1. The van der Waals surface area contributed by atoms with Gasteiger partial charge in [0.25, 0.3) is 5.56 Å². The maximum Gasteiger partial charge on any atom is 0.263 e. The van der Waals surface area contributed by atoms with Gasteiger partial charge in [-0.15, -0.1) is 17.9 Å². The largest absolute Gasteiger partial charge is 0.396 e. The lowest BCUT2D eigenvalue weighted by molar-refractivity contribution is 0.296. The van der Waals surface area contributed by atoms with E-state index in [1.165, 1.54) is 28.7 Å². The molecule has 0 aliphatic carbocycles. The molecule has 0 saturated heterocycles. The number of aliphatic hydroxyl groups excluding tert-OH is 1. The summed E-state index contributed by atoms with van der Waals surface area (Å²) in [7, 11) is 0. The molecule has 0 fully saturated rings. The van der Waals surface area contributed by atoms with E-state index < -0.39 is 0 Å². The predicted molar refractivity (Wildman–Crippen MR) is 107 cm³/mol. The van der Waals surface area contributed by atoms with Crippen molar-refractivity contribution in [3.8, 4) is 11.1 Å². The van der Waals surface area contributed by atoms with Crippen molar-refractivity contribution < 1.29 is 5.11 Å². The van der Waals surface area contributed by atoms with Crippen molar-refractivity contribution >= 4 is 33.3 Å². The second-order valence-electron chi connectivity index (χ2n) is 5.72. The third-order valence-corrected chi connectivity index (χ3v) is 5.80. The summed E-state index contributed by atoms with van der Waals surface area (Å²) in [6.07, 6.45) is 2.38. The van der Waals surface area contributed by atoms with E-state index in [0.29, 0.717) is 23.5 Å². The minimum absolute atomic E-state index is 0.0341. The van der Waals surface area contributed by atoms with Gasteiger partial charge in [0.05, 0.1) is 5.39 Å². The van der Waals surface area contributed by atoms with Gasteiger partial charge in [-0.2, -0.15) is 0 Å². The molecule has 2 aromatic heterocycles. The molecule has 0 aliphatic rings. The van der Waals surface area contributed by atoms with Crippen molar-refractivity contribution in [2.75, 3.05) is 12.4 Å². The summed E-state index contributed by atoms with van der Waals surface area (Å²) in [5.74, 6) is 0.724. The minimum Gasteiger partial charge on any atom is -0.396 e. The zero-order chi connectivity index (χ0) is 17.8. The van der Waals surface area contributed by atoms with Gasteiger partial charge in [0.1, 0.15) is 4.83 Å². The molecule has 0 unspecified atom stereocenters. The van der Waals surface area contributed by atoms with Gasteiger partial charge in [0, 0.05) is 29.8 Å². The molecule has 130 valence electrons. The first kappa shape index (κ1) is 17.9. The average molecular weight is 373 g/mol. The van der Waals surface area contributed by atoms with Gasteiger partial charge in [-0.05, 0) is 18.9 Å². The van der Waals surface area contributed by atoms with E-state index in [9.17, 15) is 4.79 Å². The maximum atomic E-state index is 13.1. The Labute approximate surface area is 154 Å². The van der Waals surface area contributed by atoms with E-state index in [1.54, 1.807) is 10.6 Å². The standard InChI is InChI=1S/C19H20N2O2S2/c1-3-9-21-18(23)16-15(14-7-5-13(2)6-8-14)12-25-17(16)20-19(21)24-11-4-10-22/h3,5-8,12,22H,1,4,9-11H2,2H3. The van der Waals surface area contributed by atoms with Crippen LogP contribution in [0.15, 0.2) is 52.3 Å². The van der Waals surface area contributed by atoms with Gasteiger partial charge in [-0.3, -0.25) is 9.36 Å². The summed E-state index contributed by atoms with van der Waals surface area (Å²) in [5.41, 5.74) is 3.12. The molecule has 0 atom stereocenters. The first-order chi connectivity index (χ1) is 12.2. The van der Waals surface area contributed by atoms with E-state index in [-0.39, 0.29) is 12.2 Å². The Morgan fingerprint density at radius 2 is 2.12 bits per heavy atom. The lowest BCUT2D eigenvalue weighted by atomic mass is 10.1. The smallest absolute Gasteiger partial charge is 0.263 e. The third-order valence-electron chi connectivity index (χ3n) is 3.87. The molecular formula is C19H20N2O2S2. The molecule has 2 heterocycles. The average Bonchev–Trinajstić information content (AvgIpc) is 3.03. The summed E-state index contributed by atoms with van der Waals surface area (Å²) in [5, 5.41) is 12.3. The van der Waals surface area contributed by atoms with Crippen LogP contribution < -0.4 is 5.56 Å². The number of benzene rings is 1. The molecule has 0 bridgehead atoms. The molecule has 25 heavy (non-hydrogen) atoms. The molecule has 1 aromatic carbocycles. The van der Waals surface area contributed by atoms with Gasteiger partial charge >= 0.3 is 0 Å². The molecule has 0 spiro atoms. The normalized spacial score (nSPS) is 11.1. The van der Waals surface area contributed by atoms with Crippen LogP contribution in [0, 0.1) is 6.92 Å². The molecule has 0 saturated carbocycles. The van der Waals surface area contributed by atoms with Crippen molar-refractivity contribution in [1.82, 2.24) is 9.55 Å². The van der Waals surface area contributed by atoms with Gasteiger partial charge in [0.15, 0.2) is 5.16 Å². The zero-order valence-corrected chi connectivity index (χ0v) is 15.7. The van der Waals surface area contributed by atoms with Crippen LogP contribution >= 0.6 is 23.1 Å². The fourth-order valence-corrected chi connectivity index (χ4v) is 4.50. The SMILES string of the molecule is C=CCn1c(SCCCO)nc2scc(-c3ccc(C)cc3)c2c1=O. The van der Waals surface area contributed by atoms with E-state index in [1.807, 2.05) is 36.6 Å². The predicted octanol–water partition coefficient (Wildman–Crippen LogP) is 4.09. The Morgan fingerprint density at radius 1 is 1.36 bits per heavy atom. The molecule has 4 nitrogen and oxygen atoms in total. The van der Waals surface area contributed by atoms with Gasteiger partial charge < -0.3 is 5.11 Å². The van der Waals surface area contributed by atoms with Crippen LogP contribution in [-0.2, 0) is 6.54 Å². The number of nitrogens with zero attached hydrogens (tertiary/aromatic N) is 2. The maximum absolute atomic E-state index is 13.1. The van der Waals surface area contributed by atoms with Gasteiger partial charge in [-0.25, -0.2) is 4.98 Å². The Balaban J connectivity index is 2.14. The Bertz CT molecular complexity index is 942. The van der Waals surface area contributed by atoms with E-state index in [0.717, 1.165) is 21.7 Å². The van der Waals surface area contributed by atoms with E-state index >= 15 is 0 Å². The van der Waals surface area contributed by atoms with Crippen LogP contribution in [0.4, 0.5) is 0 Å². The van der Waals surface area contributed by atoms with E-state index in [4.69, 9.17) is 10.1 Å². The molecular weight excluding hydrogens is 352 g/mol. The Kier molecular flexibility index (Phi) is 5.73. The highest BCUT2D eigenvalue weighted by molar-refractivity contribution is 7.99. The minimum atomic E-state index is -0.0341. The molecule has 6 heteroatoms. The van der Waals surface area contributed by atoms with Crippen molar-refractivity contribution in [2.45, 2.75) is 25.0 Å². The molecule has 3 aromatic rings. The summed E-state index contributed by atoms with van der Waals surface area (Å²) in [6.45, 7) is 6.36. The van der Waals surface area contributed by atoms with Crippen LogP contribution in [-0.4, -0.2) is 27.0 Å².